The number of benzene rings is 1. The highest BCUT2D eigenvalue weighted by atomic mass is 16.5. The number of rotatable bonds is 7. The van der Waals surface area contributed by atoms with Crippen molar-refractivity contribution in [2.45, 2.75) is 33.2 Å². The Kier molecular flexibility index (Phi) is 7.39. The highest BCUT2D eigenvalue weighted by Gasteiger charge is 2.29. The molecule has 0 unspecified atom stereocenters. The number of carbonyl (C=O) groups excluding carboxylic acids is 1. The first-order chi connectivity index (χ1) is 15.3. The van der Waals surface area contributed by atoms with Crippen molar-refractivity contribution in [2.24, 2.45) is 0 Å². The second-order valence-electron chi connectivity index (χ2n) is 8.62. The second kappa shape index (κ2) is 10.0. The van der Waals surface area contributed by atoms with Crippen LogP contribution in [0.4, 0.5) is 0 Å². The van der Waals surface area contributed by atoms with Crippen molar-refractivity contribution < 1.29 is 14.3 Å². The number of nitrogens with zero attached hydrogens (tertiary/aromatic N) is 3. The average Bonchev–Trinajstić information content (AvgIpc) is 3.09. The van der Waals surface area contributed by atoms with E-state index in [1.165, 1.54) is 0 Å². The maximum absolute atomic E-state index is 12.8. The van der Waals surface area contributed by atoms with E-state index in [0.29, 0.717) is 19.8 Å². The number of nitriles is 1. The number of morpholine rings is 1. The number of ether oxygens (including phenoxy) is 2. The number of methoxy groups -OCH3 is 1. The predicted molar refractivity (Wildman–Crippen MR) is 125 cm³/mol. The van der Waals surface area contributed by atoms with Crippen molar-refractivity contribution in [1.82, 2.24) is 14.8 Å². The Morgan fingerprint density at radius 2 is 1.91 bits per heavy atom. The van der Waals surface area contributed by atoms with Gasteiger partial charge >= 0.3 is 0 Å². The van der Waals surface area contributed by atoms with Crippen molar-refractivity contribution in [3.8, 4) is 17.5 Å². The zero-order chi connectivity index (χ0) is 23.3. The fourth-order valence-corrected chi connectivity index (χ4v) is 4.04. The Morgan fingerprint density at radius 1 is 1.25 bits per heavy atom. The Labute approximate surface area is 190 Å². The average molecular weight is 437 g/mol. The van der Waals surface area contributed by atoms with Crippen molar-refractivity contribution in [1.29, 1.82) is 5.26 Å². The molecule has 1 saturated heterocycles. The third-order valence-corrected chi connectivity index (χ3v) is 6.01. The Hall–Kier alpha value is -3.08. The van der Waals surface area contributed by atoms with Crippen LogP contribution in [0.3, 0.4) is 0 Å². The summed E-state index contributed by atoms with van der Waals surface area (Å²) < 4.78 is 12.8. The van der Waals surface area contributed by atoms with Crippen LogP contribution in [0.25, 0.3) is 11.8 Å². The number of carbonyl (C=O) groups is 1. The third-order valence-electron chi connectivity index (χ3n) is 6.01. The molecule has 32 heavy (non-hydrogen) atoms. The van der Waals surface area contributed by atoms with Gasteiger partial charge in [-0.3, -0.25) is 9.69 Å². The van der Waals surface area contributed by atoms with E-state index in [-0.39, 0.29) is 17.0 Å². The normalized spacial score (nSPS) is 15.3. The fourth-order valence-electron chi connectivity index (χ4n) is 4.04. The molecule has 1 fully saturated rings. The second-order valence-corrected chi connectivity index (χ2v) is 8.62. The van der Waals surface area contributed by atoms with Crippen LogP contribution in [-0.2, 0) is 9.53 Å². The molecule has 2 heterocycles. The van der Waals surface area contributed by atoms with Gasteiger partial charge in [0.25, 0.3) is 5.91 Å². The molecule has 1 amide bonds. The Bertz CT molecular complexity index is 1020. The quantitative estimate of drug-likeness (QED) is 0.532. The molecular formula is C25H32N4O3. The zero-order valence-corrected chi connectivity index (χ0v) is 19.6. The summed E-state index contributed by atoms with van der Waals surface area (Å²) >= 11 is 0. The topological polar surface area (TPSA) is 79.5 Å². The molecule has 2 aromatic rings. The molecule has 7 nitrogen and oxygen atoms in total. The minimum absolute atomic E-state index is 0.0951. The number of hydrogen-bond acceptors (Lipinski definition) is 5. The van der Waals surface area contributed by atoms with E-state index in [9.17, 15) is 10.1 Å². The van der Waals surface area contributed by atoms with Gasteiger partial charge in [0.2, 0.25) is 0 Å². The lowest BCUT2D eigenvalue weighted by Gasteiger charge is -2.40. The standard InChI is InChI=1S/C25H32N4O3/c1-18-14-20(19(2)29(18)22-6-8-23(31-5)9-7-22)15-21(16-26)24(30)27-17-25(3,4)28-10-12-32-13-11-28/h6-9,14-15H,10-13,17H2,1-5H3,(H,27,30). The Balaban J connectivity index is 1.77. The number of amides is 1. The van der Waals surface area contributed by atoms with E-state index in [1.807, 2.05) is 44.2 Å². The van der Waals surface area contributed by atoms with Crippen LogP contribution in [0.1, 0.15) is 30.8 Å². The monoisotopic (exact) mass is 436 g/mol. The van der Waals surface area contributed by atoms with Crippen LogP contribution in [-0.4, -0.2) is 60.9 Å². The molecule has 1 N–H and O–H groups in total. The van der Waals surface area contributed by atoms with Gasteiger partial charge in [0.15, 0.2) is 0 Å². The molecule has 170 valence electrons. The summed E-state index contributed by atoms with van der Waals surface area (Å²) in [6.45, 7) is 11.7. The summed E-state index contributed by atoms with van der Waals surface area (Å²) in [7, 11) is 1.64. The maximum atomic E-state index is 12.8. The van der Waals surface area contributed by atoms with E-state index < -0.39 is 0 Å². The summed E-state index contributed by atoms with van der Waals surface area (Å²) in [5, 5.41) is 12.6. The van der Waals surface area contributed by atoms with Crippen LogP contribution < -0.4 is 10.1 Å². The van der Waals surface area contributed by atoms with Gasteiger partial charge in [0.05, 0.1) is 20.3 Å². The predicted octanol–water partition coefficient (Wildman–Crippen LogP) is 3.24. The summed E-state index contributed by atoms with van der Waals surface area (Å²) in [6, 6.07) is 11.8. The van der Waals surface area contributed by atoms with Gasteiger partial charge < -0.3 is 19.4 Å². The largest absolute Gasteiger partial charge is 0.497 e. The van der Waals surface area contributed by atoms with Crippen LogP contribution in [0.5, 0.6) is 5.75 Å². The van der Waals surface area contributed by atoms with E-state index in [1.54, 1.807) is 13.2 Å². The molecule has 0 radical (unpaired) electrons. The third kappa shape index (κ3) is 5.21. The van der Waals surface area contributed by atoms with Gasteiger partial charge in [-0.2, -0.15) is 5.26 Å². The van der Waals surface area contributed by atoms with Crippen molar-refractivity contribution in [3.63, 3.8) is 0 Å². The minimum Gasteiger partial charge on any atom is -0.497 e. The number of aromatic nitrogens is 1. The minimum atomic E-state index is -0.358. The lowest BCUT2D eigenvalue weighted by molar-refractivity contribution is -0.117. The highest BCUT2D eigenvalue weighted by molar-refractivity contribution is 6.01. The highest BCUT2D eigenvalue weighted by Crippen LogP contribution is 2.24. The van der Waals surface area contributed by atoms with E-state index in [2.05, 4.69) is 34.7 Å². The molecule has 1 aromatic carbocycles. The first-order valence-electron chi connectivity index (χ1n) is 10.8. The molecule has 0 spiro atoms. The van der Waals surface area contributed by atoms with Crippen molar-refractivity contribution in [2.75, 3.05) is 40.0 Å². The molecule has 0 saturated carbocycles. The van der Waals surface area contributed by atoms with Crippen LogP contribution in [0.2, 0.25) is 0 Å². The molecule has 7 heteroatoms. The lowest BCUT2D eigenvalue weighted by Crippen LogP contribution is -2.55. The van der Waals surface area contributed by atoms with Gasteiger partial charge in [0.1, 0.15) is 17.4 Å². The molecule has 0 bridgehead atoms. The van der Waals surface area contributed by atoms with Gasteiger partial charge in [-0.1, -0.05) is 0 Å². The van der Waals surface area contributed by atoms with Crippen LogP contribution in [0, 0.1) is 25.2 Å². The van der Waals surface area contributed by atoms with Crippen LogP contribution >= 0.6 is 0 Å². The van der Waals surface area contributed by atoms with Gasteiger partial charge in [-0.05, 0) is 69.7 Å². The molecule has 0 aliphatic carbocycles. The summed E-state index contributed by atoms with van der Waals surface area (Å²) in [4.78, 5) is 15.1. The number of nitrogens with one attached hydrogen (secondary N) is 1. The molecule has 3 rings (SSSR count). The first kappa shape index (κ1) is 23.6. The molecule has 1 aliphatic rings. The molecule has 0 atom stereocenters. The van der Waals surface area contributed by atoms with Gasteiger partial charge in [-0.25, -0.2) is 0 Å². The van der Waals surface area contributed by atoms with E-state index in [0.717, 1.165) is 41.5 Å². The summed E-state index contributed by atoms with van der Waals surface area (Å²) in [6.07, 6.45) is 1.67. The number of hydrogen-bond donors (Lipinski definition) is 1. The van der Waals surface area contributed by atoms with E-state index in [4.69, 9.17) is 9.47 Å². The lowest BCUT2D eigenvalue weighted by atomic mass is 10.0. The first-order valence-corrected chi connectivity index (χ1v) is 10.8. The maximum Gasteiger partial charge on any atom is 0.262 e. The molecule has 1 aromatic heterocycles. The smallest absolute Gasteiger partial charge is 0.262 e. The van der Waals surface area contributed by atoms with Crippen molar-refractivity contribution >= 4 is 12.0 Å². The SMILES string of the molecule is COc1ccc(-n2c(C)cc(C=C(C#N)C(=O)NCC(C)(C)N3CCOCC3)c2C)cc1. The fraction of sp³-hybridized carbons (Fsp3) is 0.440. The van der Waals surface area contributed by atoms with Crippen molar-refractivity contribution in [3.05, 3.63) is 52.9 Å². The summed E-state index contributed by atoms with van der Waals surface area (Å²) in [5.41, 5.74) is 3.70. The molecule has 1 aliphatic heterocycles. The molecular weight excluding hydrogens is 404 g/mol. The zero-order valence-electron chi connectivity index (χ0n) is 19.6. The number of aryl methyl sites for hydroxylation is 1. The summed E-state index contributed by atoms with van der Waals surface area (Å²) in [5.74, 6) is 0.433. The van der Waals surface area contributed by atoms with Gasteiger partial charge in [-0.15, -0.1) is 0 Å². The van der Waals surface area contributed by atoms with Gasteiger partial charge in [0, 0.05) is 42.2 Å². The van der Waals surface area contributed by atoms with E-state index >= 15 is 0 Å². The Morgan fingerprint density at radius 3 is 2.50 bits per heavy atom. The van der Waals surface area contributed by atoms with Crippen LogP contribution in [0.15, 0.2) is 35.9 Å².